The van der Waals surface area contributed by atoms with Crippen LogP contribution in [0.1, 0.15) is 24.1 Å². The largest absolute Gasteiger partial charge is 0.368 e. The molecule has 1 fully saturated rings. The SMILES string of the molecule is Nc1ncc(Br)c(-c2ccc(CN3CCCCC3)s2)n1. The Hall–Kier alpha value is -0.980. The van der Waals surface area contributed by atoms with Crippen LogP contribution >= 0.6 is 27.3 Å². The summed E-state index contributed by atoms with van der Waals surface area (Å²) in [6.07, 6.45) is 5.74. The van der Waals surface area contributed by atoms with Crippen LogP contribution in [-0.4, -0.2) is 28.0 Å². The van der Waals surface area contributed by atoms with E-state index < -0.39 is 0 Å². The van der Waals surface area contributed by atoms with Gasteiger partial charge in [0.2, 0.25) is 5.95 Å². The lowest BCUT2D eigenvalue weighted by Gasteiger charge is -2.25. The third-order valence-electron chi connectivity index (χ3n) is 3.49. The normalized spacial score (nSPS) is 16.4. The minimum Gasteiger partial charge on any atom is -0.368 e. The summed E-state index contributed by atoms with van der Waals surface area (Å²) in [5.41, 5.74) is 6.56. The number of halogens is 1. The molecule has 1 saturated heterocycles. The molecule has 2 N–H and O–H groups in total. The van der Waals surface area contributed by atoms with E-state index in [-0.39, 0.29) is 0 Å². The molecule has 106 valence electrons. The molecule has 3 rings (SSSR count). The first-order valence-corrected chi connectivity index (χ1v) is 8.43. The number of rotatable bonds is 3. The zero-order valence-corrected chi connectivity index (χ0v) is 13.6. The Balaban J connectivity index is 1.77. The van der Waals surface area contributed by atoms with Gasteiger partial charge in [-0.25, -0.2) is 9.97 Å². The molecule has 0 atom stereocenters. The van der Waals surface area contributed by atoms with Gasteiger partial charge in [0.25, 0.3) is 0 Å². The van der Waals surface area contributed by atoms with Crippen molar-refractivity contribution in [3.8, 4) is 10.6 Å². The third-order valence-corrected chi connectivity index (χ3v) is 5.14. The van der Waals surface area contributed by atoms with Gasteiger partial charge in [0, 0.05) is 17.6 Å². The van der Waals surface area contributed by atoms with Crippen molar-refractivity contribution in [2.75, 3.05) is 18.8 Å². The fourth-order valence-corrected chi connectivity index (χ4v) is 4.07. The van der Waals surface area contributed by atoms with Gasteiger partial charge in [-0.3, -0.25) is 4.90 Å². The standard InChI is InChI=1S/C14H17BrN4S/c15-11-8-17-14(16)18-13(11)12-5-4-10(20-12)9-19-6-2-1-3-7-19/h4-5,8H,1-3,6-7,9H2,(H2,16,17,18). The summed E-state index contributed by atoms with van der Waals surface area (Å²) >= 11 is 5.28. The number of nitrogens with two attached hydrogens (primary N) is 1. The van der Waals surface area contributed by atoms with Crippen LogP contribution in [0.25, 0.3) is 10.6 Å². The summed E-state index contributed by atoms with van der Waals surface area (Å²) in [6.45, 7) is 3.48. The van der Waals surface area contributed by atoms with Crippen molar-refractivity contribution >= 4 is 33.2 Å². The number of thiophene rings is 1. The molecule has 0 radical (unpaired) electrons. The molecule has 1 aliphatic rings. The molecule has 2 aromatic heterocycles. The number of nitrogen functional groups attached to an aromatic ring is 1. The van der Waals surface area contributed by atoms with Gasteiger partial charge in [0.05, 0.1) is 15.0 Å². The van der Waals surface area contributed by atoms with Crippen LogP contribution < -0.4 is 5.73 Å². The predicted molar refractivity (Wildman–Crippen MR) is 86.6 cm³/mol. The molecule has 0 bridgehead atoms. The average molecular weight is 353 g/mol. The van der Waals surface area contributed by atoms with Crippen molar-refractivity contribution in [2.45, 2.75) is 25.8 Å². The summed E-state index contributed by atoms with van der Waals surface area (Å²) < 4.78 is 0.887. The highest BCUT2D eigenvalue weighted by molar-refractivity contribution is 9.10. The second-order valence-electron chi connectivity index (χ2n) is 5.03. The Morgan fingerprint density at radius 3 is 2.85 bits per heavy atom. The quantitative estimate of drug-likeness (QED) is 0.917. The van der Waals surface area contributed by atoms with Gasteiger partial charge in [0.1, 0.15) is 0 Å². The van der Waals surface area contributed by atoms with Gasteiger partial charge in [0.15, 0.2) is 0 Å². The van der Waals surface area contributed by atoms with Crippen molar-refractivity contribution in [2.24, 2.45) is 0 Å². The topological polar surface area (TPSA) is 55.0 Å². The van der Waals surface area contributed by atoms with Crippen LogP contribution in [0.3, 0.4) is 0 Å². The van der Waals surface area contributed by atoms with Crippen molar-refractivity contribution in [1.82, 2.24) is 14.9 Å². The summed E-state index contributed by atoms with van der Waals surface area (Å²) in [5, 5.41) is 0. The Bertz CT molecular complexity index is 593. The molecule has 6 heteroatoms. The monoisotopic (exact) mass is 352 g/mol. The van der Waals surface area contributed by atoms with E-state index in [9.17, 15) is 0 Å². The number of anilines is 1. The number of aromatic nitrogens is 2. The van der Waals surface area contributed by atoms with E-state index in [4.69, 9.17) is 5.73 Å². The number of piperidine rings is 1. The third kappa shape index (κ3) is 3.19. The fraction of sp³-hybridized carbons (Fsp3) is 0.429. The molecular weight excluding hydrogens is 336 g/mol. The van der Waals surface area contributed by atoms with Crippen molar-refractivity contribution in [3.63, 3.8) is 0 Å². The van der Waals surface area contributed by atoms with Crippen molar-refractivity contribution in [3.05, 3.63) is 27.7 Å². The van der Waals surface area contributed by atoms with Crippen LogP contribution in [0.15, 0.2) is 22.8 Å². The average Bonchev–Trinajstić information content (AvgIpc) is 2.91. The first-order chi connectivity index (χ1) is 9.72. The minimum absolute atomic E-state index is 0.314. The van der Waals surface area contributed by atoms with E-state index in [0.29, 0.717) is 5.95 Å². The lowest BCUT2D eigenvalue weighted by molar-refractivity contribution is 0.222. The summed E-state index contributed by atoms with van der Waals surface area (Å²) in [7, 11) is 0. The van der Waals surface area contributed by atoms with Gasteiger partial charge in [-0.05, 0) is 54.0 Å². The van der Waals surface area contributed by atoms with Crippen LogP contribution in [0.2, 0.25) is 0 Å². The predicted octanol–water partition coefficient (Wildman–Crippen LogP) is 3.54. The smallest absolute Gasteiger partial charge is 0.220 e. The molecule has 0 aliphatic carbocycles. The van der Waals surface area contributed by atoms with Gasteiger partial charge in [-0.15, -0.1) is 11.3 Å². The van der Waals surface area contributed by atoms with Crippen molar-refractivity contribution in [1.29, 1.82) is 0 Å². The highest BCUT2D eigenvalue weighted by atomic mass is 79.9. The zero-order chi connectivity index (χ0) is 13.9. The van der Waals surface area contributed by atoms with Gasteiger partial charge < -0.3 is 5.73 Å². The molecule has 0 aromatic carbocycles. The number of nitrogens with zero attached hydrogens (tertiary/aromatic N) is 3. The molecule has 1 aliphatic heterocycles. The van der Waals surface area contributed by atoms with E-state index in [0.717, 1.165) is 21.6 Å². The maximum absolute atomic E-state index is 5.67. The maximum atomic E-state index is 5.67. The second kappa shape index (κ2) is 6.20. The van der Waals surface area contributed by atoms with Crippen LogP contribution in [-0.2, 0) is 6.54 Å². The Morgan fingerprint density at radius 1 is 1.25 bits per heavy atom. The lowest BCUT2D eigenvalue weighted by atomic mass is 10.1. The molecule has 20 heavy (non-hydrogen) atoms. The first kappa shape index (κ1) is 14.0. The highest BCUT2D eigenvalue weighted by Crippen LogP contribution is 2.32. The number of likely N-dealkylation sites (tertiary alicyclic amines) is 1. The van der Waals surface area contributed by atoms with E-state index in [1.54, 1.807) is 17.5 Å². The molecule has 0 amide bonds. The molecule has 2 aromatic rings. The van der Waals surface area contributed by atoms with Gasteiger partial charge >= 0.3 is 0 Å². The fourth-order valence-electron chi connectivity index (χ4n) is 2.48. The van der Waals surface area contributed by atoms with E-state index in [1.165, 1.54) is 37.2 Å². The van der Waals surface area contributed by atoms with Crippen molar-refractivity contribution < 1.29 is 0 Å². The Morgan fingerprint density at radius 2 is 2.05 bits per heavy atom. The second-order valence-corrected chi connectivity index (χ2v) is 7.05. The molecule has 0 saturated carbocycles. The van der Waals surface area contributed by atoms with Crippen LogP contribution in [0.4, 0.5) is 5.95 Å². The van der Waals surface area contributed by atoms with E-state index in [2.05, 4.69) is 42.9 Å². The summed E-state index contributed by atoms with van der Waals surface area (Å²) in [6, 6.07) is 4.32. The molecular formula is C14H17BrN4S. The molecule has 3 heterocycles. The van der Waals surface area contributed by atoms with E-state index >= 15 is 0 Å². The summed E-state index contributed by atoms with van der Waals surface area (Å²) in [4.78, 5) is 13.3. The van der Waals surface area contributed by atoms with E-state index in [1.807, 2.05) is 0 Å². The molecule has 4 nitrogen and oxygen atoms in total. The number of hydrogen-bond acceptors (Lipinski definition) is 5. The van der Waals surface area contributed by atoms with Crippen LogP contribution in [0.5, 0.6) is 0 Å². The minimum atomic E-state index is 0.314. The Kier molecular flexibility index (Phi) is 4.33. The lowest BCUT2D eigenvalue weighted by Crippen LogP contribution is -2.28. The number of hydrogen-bond donors (Lipinski definition) is 1. The van der Waals surface area contributed by atoms with Gasteiger partial charge in [-0.2, -0.15) is 0 Å². The highest BCUT2D eigenvalue weighted by Gasteiger charge is 2.13. The Labute approximate surface area is 131 Å². The zero-order valence-electron chi connectivity index (χ0n) is 11.2. The van der Waals surface area contributed by atoms with Crippen LogP contribution in [0, 0.1) is 0 Å². The maximum Gasteiger partial charge on any atom is 0.220 e. The molecule has 0 spiro atoms. The molecule has 0 unspecified atom stereocenters. The van der Waals surface area contributed by atoms with Gasteiger partial charge in [-0.1, -0.05) is 6.42 Å². The first-order valence-electron chi connectivity index (χ1n) is 6.82. The summed E-state index contributed by atoms with van der Waals surface area (Å²) in [5.74, 6) is 0.314.